The van der Waals surface area contributed by atoms with E-state index in [2.05, 4.69) is 13.8 Å². The van der Waals surface area contributed by atoms with Crippen LogP contribution >= 0.6 is 0 Å². The average Bonchev–Trinajstić information content (AvgIpc) is 2.91. The second-order valence-electron chi connectivity index (χ2n) is 9.23. The van der Waals surface area contributed by atoms with Crippen molar-refractivity contribution in [2.45, 2.75) is 33.4 Å². The van der Waals surface area contributed by atoms with Crippen LogP contribution in [-0.4, -0.2) is 17.4 Å². The molecule has 0 fully saturated rings. The molecule has 0 saturated heterocycles. The first-order valence-corrected chi connectivity index (χ1v) is 12.5. The standard InChI is InChI=1S/C32H33NO3/c1-25(2)21-22-35-31-16-10-9-13-28(31)24-33(32(34)27-11-5-3-6-12-27)23-26-17-19-30(20-18-26)36-29-14-7-4-8-15-29/h3-20,25H,21-24H2,1-2H3. The predicted octanol–water partition coefficient (Wildman–Crippen LogP) is 7.75. The van der Waals surface area contributed by atoms with Crippen molar-refractivity contribution in [3.05, 3.63) is 126 Å². The molecule has 0 radical (unpaired) electrons. The van der Waals surface area contributed by atoms with Crippen LogP contribution in [0.5, 0.6) is 17.2 Å². The molecular weight excluding hydrogens is 446 g/mol. The van der Waals surface area contributed by atoms with Gasteiger partial charge in [-0.15, -0.1) is 0 Å². The summed E-state index contributed by atoms with van der Waals surface area (Å²) in [5.74, 6) is 2.94. The summed E-state index contributed by atoms with van der Waals surface area (Å²) in [5.41, 5.74) is 2.69. The fourth-order valence-electron chi connectivity index (χ4n) is 3.86. The van der Waals surface area contributed by atoms with Gasteiger partial charge in [0.2, 0.25) is 0 Å². The van der Waals surface area contributed by atoms with Crippen LogP contribution in [0.15, 0.2) is 109 Å². The number of hydrogen-bond donors (Lipinski definition) is 0. The SMILES string of the molecule is CC(C)CCOc1ccccc1CN(Cc1ccc(Oc2ccccc2)cc1)C(=O)c1ccccc1. The number of carbonyl (C=O) groups excluding carboxylic acids is 1. The van der Waals surface area contributed by atoms with E-state index in [9.17, 15) is 4.79 Å². The summed E-state index contributed by atoms with van der Waals surface area (Å²) in [6, 6.07) is 35.0. The van der Waals surface area contributed by atoms with Crippen molar-refractivity contribution >= 4 is 5.91 Å². The van der Waals surface area contributed by atoms with Crippen molar-refractivity contribution in [1.29, 1.82) is 0 Å². The number of hydrogen-bond acceptors (Lipinski definition) is 3. The summed E-state index contributed by atoms with van der Waals surface area (Å²) in [4.78, 5) is 15.4. The van der Waals surface area contributed by atoms with Gasteiger partial charge < -0.3 is 14.4 Å². The lowest BCUT2D eigenvalue weighted by atomic mass is 10.1. The highest BCUT2D eigenvalue weighted by molar-refractivity contribution is 5.94. The molecule has 0 spiro atoms. The van der Waals surface area contributed by atoms with Crippen molar-refractivity contribution in [2.75, 3.05) is 6.61 Å². The minimum absolute atomic E-state index is 0.0165. The number of ether oxygens (including phenoxy) is 2. The first-order valence-electron chi connectivity index (χ1n) is 12.5. The second kappa shape index (κ2) is 12.6. The van der Waals surface area contributed by atoms with Crippen LogP contribution in [0, 0.1) is 5.92 Å². The largest absolute Gasteiger partial charge is 0.493 e. The lowest BCUT2D eigenvalue weighted by Crippen LogP contribution is -2.30. The van der Waals surface area contributed by atoms with Gasteiger partial charge in [0.25, 0.3) is 5.91 Å². The molecule has 4 nitrogen and oxygen atoms in total. The van der Waals surface area contributed by atoms with Crippen LogP contribution in [0.4, 0.5) is 0 Å². The Morgan fingerprint density at radius 1 is 0.722 bits per heavy atom. The van der Waals surface area contributed by atoms with E-state index in [0.29, 0.717) is 31.2 Å². The number of para-hydroxylation sites is 2. The van der Waals surface area contributed by atoms with Crippen molar-refractivity contribution in [1.82, 2.24) is 4.90 Å². The number of rotatable bonds is 11. The highest BCUT2D eigenvalue weighted by atomic mass is 16.5. The summed E-state index contributed by atoms with van der Waals surface area (Å²) in [7, 11) is 0. The van der Waals surface area contributed by atoms with Crippen molar-refractivity contribution in [2.24, 2.45) is 5.92 Å². The zero-order chi connectivity index (χ0) is 25.2. The molecular formula is C32H33NO3. The molecule has 4 aromatic carbocycles. The molecule has 0 aliphatic heterocycles. The molecule has 4 aromatic rings. The van der Waals surface area contributed by atoms with Gasteiger partial charge in [-0.25, -0.2) is 0 Å². The fourth-order valence-corrected chi connectivity index (χ4v) is 3.86. The van der Waals surface area contributed by atoms with E-state index in [4.69, 9.17) is 9.47 Å². The second-order valence-corrected chi connectivity index (χ2v) is 9.23. The molecule has 0 atom stereocenters. The van der Waals surface area contributed by atoms with Gasteiger partial charge in [-0.2, -0.15) is 0 Å². The smallest absolute Gasteiger partial charge is 0.254 e. The van der Waals surface area contributed by atoms with Crippen LogP contribution in [0.3, 0.4) is 0 Å². The third-order valence-corrected chi connectivity index (χ3v) is 5.87. The van der Waals surface area contributed by atoms with Crippen molar-refractivity contribution in [3.63, 3.8) is 0 Å². The molecule has 0 aliphatic carbocycles. The zero-order valence-electron chi connectivity index (χ0n) is 21.0. The van der Waals surface area contributed by atoms with E-state index >= 15 is 0 Å². The maximum atomic E-state index is 13.5. The monoisotopic (exact) mass is 479 g/mol. The molecule has 0 saturated carbocycles. The Kier molecular flexibility index (Phi) is 8.77. The molecule has 184 valence electrons. The van der Waals surface area contributed by atoms with Gasteiger partial charge >= 0.3 is 0 Å². The van der Waals surface area contributed by atoms with Crippen LogP contribution in [0.1, 0.15) is 41.8 Å². The Morgan fingerprint density at radius 3 is 2.03 bits per heavy atom. The normalized spacial score (nSPS) is 10.8. The predicted molar refractivity (Wildman–Crippen MR) is 144 cm³/mol. The van der Waals surface area contributed by atoms with Gasteiger partial charge in [0.1, 0.15) is 17.2 Å². The number of amides is 1. The summed E-state index contributed by atoms with van der Waals surface area (Å²) in [6.07, 6.45) is 0.985. The third kappa shape index (κ3) is 7.22. The Bertz CT molecular complexity index is 1220. The summed E-state index contributed by atoms with van der Waals surface area (Å²) < 4.78 is 12.0. The maximum Gasteiger partial charge on any atom is 0.254 e. The number of benzene rings is 4. The maximum absolute atomic E-state index is 13.5. The lowest BCUT2D eigenvalue weighted by molar-refractivity contribution is 0.0728. The lowest BCUT2D eigenvalue weighted by Gasteiger charge is -2.24. The van der Waals surface area contributed by atoms with Gasteiger partial charge in [-0.05, 0) is 60.4 Å². The van der Waals surface area contributed by atoms with Gasteiger partial charge in [0, 0.05) is 24.2 Å². The third-order valence-electron chi connectivity index (χ3n) is 5.87. The zero-order valence-corrected chi connectivity index (χ0v) is 21.0. The Hall–Kier alpha value is -4.05. The molecule has 0 unspecified atom stereocenters. The molecule has 0 aliphatic rings. The quantitative estimate of drug-likeness (QED) is 0.221. The first kappa shape index (κ1) is 25.1. The molecule has 36 heavy (non-hydrogen) atoms. The first-order chi connectivity index (χ1) is 17.6. The number of nitrogens with zero attached hydrogens (tertiary/aromatic N) is 1. The van der Waals surface area contributed by atoms with E-state index in [1.807, 2.05) is 114 Å². The molecule has 0 bridgehead atoms. The Morgan fingerprint density at radius 2 is 1.33 bits per heavy atom. The van der Waals surface area contributed by atoms with Gasteiger partial charge in [0.15, 0.2) is 0 Å². The fraction of sp³-hybridized carbons (Fsp3) is 0.219. The molecule has 0 heterocycles. The topological polar surface area (TPSA) is 38.8 Å². The van der Waals surface area contributed by atoms with Crippen LogP contribution in [0.25, 0.3) is 0 Å². The Balaban J connectivity index is 1.53. The average molecular weight is 480 g/mol. The van der Waals surface area contributed by atoms with Gasteiger partial charge in [-0.3, -0.25) is 4.79 Å². The molecule has 1 amide bonds. The minimum atomic E-state index is -0.0165. The highest BCUT2D eigenvalue weighted by Gasteiger charge is 2.18. The molecule has 0 N–H and O–H groups in total. The summed E-state index contributed by atoms with van der Waals surface area (Å²) in [5, 5.41) is 0. The van der Waals surface area contributed by atoms with Crippen LogP contribution in [-0.2, 0) is 13.1 Å². The van der Waals surface area contributed by atoms with E-state index in [-0.39, 0.29) is 5.91 Å². The Labute approximate surface area is 214 Å². The summed E-state index contributed by atoms with van der Waals surface area (Å²) >= 11 is 0. The minimum Gasteiger partial charge on any atom is -0.493 e. The highest BCUT2D eigenvalue weighted by Crippen LogP contribution is 2.25. The van der Waals surface area contributed by atoms with Crippen molar-refractivity contribution < 1.29 is 14.3 Å². The van der Waals surface area contributed by atoms with Crippen molar-refractivity contribution in [3.8, 4) is 17.2 Å². The van der Waals surface area contributed by atoms with E-state index in [1.165, 1.54) is 0 Å². The molecule has 0 aromatic heterocycles. The number of carbonyl (C=O) groups is 1. The van der Waals surface area contributed by atoms with E-state index < -0.39 is 0 Å². The summed E-state index contributed by atoms with van der Waals surface area (Å²) in [6.45, 7) is 5.95. The van der Waals surface area contributed by atoms with Gasteiger partial charge in [0.05, 0.1) is 6.61 Å². The van der Waals surface area contributed by atoms with E-state index in [1.54, 1.807) is 0 Å². The van der Waals surface area contributed by atoms with Crippen LogP contribution < -0.4 is 9.47 Å². The van der Waals surface area contributed by atoms with Crippen LogP contribution in [0.2, 0.25) is 0 Å². The van der Waals surface area contributed by atoms with E-state index in [0.717, 1.165) is 34.8 Å². The molecule has 4 rings (SSSR count). The van der Waals surface area contributed by atoms with Gasteiger partial charge in [-0.1, -0.05) is 80.6 Å². The molecule has 4 heteroatoms.